The molecule has 0 aromatic rings. The van der Waals surface area contributed by atoms with Gasteiger partial charge in [-0.15, -0.1) is 0 Å². The smallest absolute Gasteiger partial charge is 0.0726 e. The summed E-state index contributed by atoms with van der Waals surface area (Å²) in [5, 5.41) is 3.34. The molecule has 3 atom stereocenters. The minimum Gasteiger partial charge on any atom is -0.372 e. The summed E-state index contributed by atoms with van der Waals surface area (Å²) < 4.78 is 5.77. The van der Waals surface area contributed by atoms with Crippen molar-refractivity contribution in [2.75, 3.05) is 20.1 Å². The molecule has 2 rings (SSSR count). The van der Waals surface area contributed by atoms with Crippen LogP contribution in [0.4, 0.5) is 0 Å². The van der Waals surface area contributed by atoms with Crippen LogP contribution < -0.4 is 5.32 Å². The molecule has 3 heteroatoms. The van der Waals surface area contributed by atoms with Crippen molar-refractivity contribution in [3.8, 4) is 0 Å². The zero-order valence-electron chi connectivity index (χ0n) is 11.4. The van der Waals surface area contributed by atoms with Crippen LogP contribution in [-0.2, 0) is 4.74 Å². The first-order valence-electron chi connectivity index (χ1n) is 6.56. The van der Waals surface area contributed by atoms with Gasteiger partial charge in [0.05, 0.1) is 12.2 Å². The maximum absolute atomic E-state index is 5.77. The van der Waals surface area contributed by atoms with Gasteiger partial charge in [0.2, 0.25) is 0 Å². The first kappa shape index (κ1) is 12.7. The number of hydrogen-bond acceptors (Lipinski definition) is 3. The lowest BCUT2D eigenvalue weighted by Gasteiger charge is -2.38. The van der Waals surface area contributed by atoms with E-state index in [-0.39, 0.29) is 0 Å². The van der Waals surface area contributed by atoms with Gasteiger partial charge in [-0.3, -0.25) is 0 Å². The molecule has 3 nitrogen and oxygen atoms in total. The van der Waals surface area contributed by atoms with Crippen LogP contribution in [0, 0.1) is 0 Å². The second kappa shape index (κ2) is 5.23. The van der Waals surface area contributed by atoms with Crippen molar-refractivity contribution in [2.45, 2.75) is 45.4 Å². The number of morpholine rings is 1. The van der Waals surface area contributed by atoms with E-state index in [4.69, 9.17) is 4.74 Å². The average molecular weight is 236 g/mol. The summed E-state index contributed by atoms with van der Waals surface area (Å²) in [5.41, 5.74) is 2.80. The number of likely N-dealkylation sites (N-methyl/N-ethyl adjacent to an activating group) is 1. The summed E-state index contributed by atoms with van der Waals surface area (Å²) >= 11 is 0. The van der Waals surface area contributed by atoms with Gasteiger partial charge in [-0.2, -0.15) is 0 Å². The number of rotatable bonds is 2. The Morgan fingerprint density at radius 3 is 2.47 bits per heavy atom. The van der Waals surface area contributed by atoms with Crippen LogP contribution in [0.3, 0.4) is 0 Å². The molecule has 0 aromatic heterocycles. The minimum atomic E-state index is 0.329. The van der Waals surface area contributed by atoms with Crippen molar-refractivity contribution in [2.24, 2.45) is 0 Å². The van der Waals surface area contributed by atoms with E-state index in [0.29, 0.717) is 18.2 Å². The minimum absolute atomic E-state index is 0.329. The molecular formula is C14H24N2O. The number of ether oxygens (including phenoxy) is 1. The summed E-state index contributed by atoms with van der Waals surface area (Å²) in [6.45, 7) is 8.52. The van der Waals surface area contributed by atoms with Gasteiger partial charge < -0.3 is 15.0 Å². The first-order chi connectivity index (χ1) is 8.10. The molecule has 0 radical (unpaired) electrons. The normalized spacial score (nSPS) is 34.4. The van der Waals surface area contributed by atoms with Gasteiger partial charge in [-0.1, -0.05) is 11.6 Å². The number of nitrogens with one attached hydrogen (secondary N) is 1. The van der Waals surface area contributed by atoms with Crippen LogP contribution in [0.2, 0.25) is 0 Å². The van der Waals surface area contributed by atoms with Crippen molar-refractivity contribution in [1.82, 2.24) is 10.2 Å². The lowest BCUT2D eigenvalue weighted by molar-refractivity contribution is -0.0569. The van der Waals surface area contributed by atoms with Gasteiger partial charge in [0.25, 0.3) is 0 Å². The molecular weight excluding hydrogens is 212 g/mol. The predicted octanol–water partition coefficient (Wildman–Crippen LogP) is 1.92. The molecule has 1 heterocycles. The molecule has 0 bridgehead atoms. The molecule has 0 aromatic carbocycles. The van der Waals surface area contributed by atoms with E-state index in [1.165, 1.54) is 11.3 Å². The molecule has 1 N–H and O–H groups in total. The summed E-state index contributed by atoms with van der Waals surface area (Å²) in [4.78, 5) is 2.45. The second-order valence-electron chi connectivity index (χ2n) is 5.26. The Morgan fingerprint density at radius 2 is 1.94 bits per heavy atom. The molecule has 1 aliphatic heterocycles. The molecule has 1 saturated heterocycles. The highest BCUT2D eigenvalue weighted by molar-refractivity contribution is 5.30. The Hall–Kier alpha value is -0.800. The molecule has 0 amide bonds. The molecule has 2 aliphatic rings. The summed E-state index contributed by atoms with van der Waals surface area (Å²) in [6, 6.07) is 0.509. The van der Waals surface area contributed by atoms with Crippen molar-refractivity contribution in [3.05, 3.63) is 23.4 Å². The Bertz CT molecular complexity index is 325. The van der Waals surface area contributed by atoms with E-state index in [9.17, 15) is 0 Å². The number of allylic oxidation sites excluding steroid dienone is 1. The largest absolute Gasteiger partial charge is 0.372 e. The highest BCUT2D eigenvalue weighted by atomic mass is 16.5. The fraction of sp³-hybridized carbons (Fsp3) is 0.714. The first-order valence-corrected chi connectivity index (χ1v) is 6.56. The molecule has 1 fully saturated rings. The third kappa shape index (κ3) is 2.90. The zero-order valence-corrected chi connectivity index (χ0v) is 11.4. The highest BCUT2D eigenvalue weighted by Crippen LogP contribution is 2.23. The molecule has 0 saturated carbocycles. The fourth-order valence-electron chi connectivity index (χ4n) is 2.77. The van der Waals surface area contributed by atoms with Crippen LogP contribution in [0.15, 0.2) is 23.4 Å². The average Bonchev–Trinajstić information content (AvgIpc) is 2.27. The Kier molecular flexibility index (Phi) is 3.89. The van der Waals surface area contributed by atoms with E-state index in [1.54, 1.807) is 0 Å². The van der Waals surface area contributed by atoms with Crippen molar-refractivity contribution >= 4 is 0 Å². The third-order valence-corrected chi connectivity index (χ3v) is 3.62. The number of nitrogens with zero attached hydrogens (tertiary/aromatic N) is 1. The van der Waals surface area contributed by atoms with Crippen LogP contribution in [0.5, 0.6) is 0 Å². The maximum Gasteiger partial charge on any atom is 0.0726 e. The van der Waals surface area contributed by atoms with Crippen molar-refractivity contribution in [3.63, 3.8) is 0 Å². The Morgan fingerprint density at radius 1 is 1.29 bits per heavy atom. The van der Waals surface area contributed by atoms with Gasteiger partial charge in [-0.25, -0.2) is 0 Å². The molecule has 17 heavy (non-hydrogen) atoms. The Balaban J connectivity index is 2.06. The van der Waals surface area contributed by atoms with E-state index in [1.807, 2.05) is 7.05 Å². The summed E-state index contributed by atoms with van der Waals surface area (Å²) in [5.74, 6) is 0. The second-order valence-corrected chi connectivity index (χ2v) is 5.26. The van der Waals surface area contributed by atoms with E-state index in [0.717, 1.165) is 19.5 Å². The fourth-order valence-corrected chi connectivity index (χ4v) is 2.77. The standard InChI is InChI=1S/C14H24N2O/c1-10-7-13(5-6-14(10)15-4)16-8-11(2)17-12(3)9-16/h5,7,11-12,14-15H,6,8-9H2,1-4H3/t11-,12+,14?. The van der Waals surface area contributed by atoms with Crippen LogP contribution >= 0.6 is 0 Å². The predicted molar refractivity (Wildman–Crippen MR) is 70.9 cm³/mol. The van der Waals surface area contributed by atoms with Crippen LogP contribution in [0.25, 0.3) is 0 Å². The molecule has 1 unspecified atom stereocenters. The maximum atomic E-state index is 5.77. The van der Waals surface area contributed by atoms with Gasteiger partial charge in [0.15, 0.2) is 0 Å². The quantitative estimate of drug-likeness (QED) is 0.793. The van der Waals surface area contributed by atoms with E-state index >= 15 is 0 Å². The summed E-state index contributed by atoms with van der Waals surface area (Å²) in [7, 11) is 2.03. The monoisotopic (exact) mass is 236 g/mol. The van der Waals surface area contributed by atoms with Gasteiger partial charge >= 0.3 is 0 Å². The van der Waals surface area contributed by atoms with Gasteiger partial charge in [-0.05, 0) is 40.3 Å². The lowest BCUT2D eigenvalue weighted by atomic mass is 9.98. The number of hydrogen-bond donors (Lipinski definition) is 1. The molecule has 1 aliphatic carbocycles. The lowest BCUT2D eigenvalue weighted by Crippen LogP contribution is -2.45. The van der Waals surface area contributed by atoms with Gasteiger partial charge in [0, 0.05) is 24.8 Å². The van der Waals surface area contributed by atoms with Crippen molar-refractivity contribution in [1.29, 1.82) is 0 Å². The van der Waals surface area contributed by atoms with Crippen LogP contribution in [-0.4, -0.2) is 43.3 Å². The van der Waals surface area contributed by atoms with Crippen LogP contribution in [0.1, 0.15) is 27.2 Å². The SMILES string of the molecule is CNC1CC=C(N2C[C@@H](C)O[C@@H](C)C2)C=C1C. The topological polar surface area (TPSA) is 24.5 Å². The Labute approximate surface area is 105 Å². The zero-order chi connectivity index (χ0) is 12.4. The van der Waals surface area contributed by atoms with Crippen molar-refractivity contribution < 1.29 is 4.74 Å². The highest BCUT2D eigenvalue weighted by Gasteiger charge is 2.24. The van der Waals surface area contributed by atoms with E-state index in [2.05, 4.69) is 43.1 Å². The van der Waals surface area contributed by atoms with Gasteiger partial charge in [0.1, 0.15) is 0 Å². The van der Waals surface area contributed by atoms with E-state index < -0.39 is 0 Å². The molecule has 0 spiro atoms. The third-order valence-electron chi connectivity index (χ3n) is 3.62. The summed E-state index contributed by atoms with van der Waals surface area (Å²) in [6.07, 6.45) is 6.41. The molecule has 96 valence electrons.